The van der Waals surface area contributed by atoms with E-state index < -0.39 is 0 Å². The first-order valence-electron chi connectivity index (χ1n) is 10.6. The molecule has 4 rings (SSSR count). The van der Waals surface area contributed by atoms with Crippen LogP contribution in [0.3, 0.4) is 0 Å². The zero-order valence-corrected chi connectivity index (χ0v) is 17.4. The molecule has 1 aromatic heterocycles. The summed E-state index contributed by atoms with van der Waals surface area (Å²) in [6, 6.07) is 7.26. The molecule has 28 heavy (non-hydrogen) atoms. The molecule has 1 aromatic carbocycles. The Morgan fingerprint density at radius 2 is 2.07 bits per heavy atom. The number of ether oxygens (including phenoxy) is 1. The smallest absolute Gasteiger partial charge is 0.194 e. The van der Waals surface area contributed by atoms with E-state index in [0.717, 1.165) is 51.9 Å². The minimum atomic E-state index is 0.620. The molecule has 2 saturated heterocycles. The fourth-order valence-electron chi connectivity index (χ4n) is 4.37. The van der Waals surface area contributed by atoms with Gasteiger partial charge in [-0.3, -0.25) is 4.90 Å². The van der Waals surface area contributed by atoms with E-state index in [0.29, 0.717) is 12.6 Å². The van der Waals surface area contributed by atoms with E-state index in [1.165, 1.54) is 34.1 Å². The van der Waals surface area contributed by atoms with Crippen molar-refractivity contribution in [1.82, 2.24) is 20.1 Å². The Bertz CT molecular complexity index is 837. The number of H-pyrrole nitrogens is 1. The van der Waals surface area contributed by atoms with Crippen LogP contribution in [0, 0.1) is 13.8 Å². The second kappa shape index (κ2) is 8.53. The lowest BCUT2D eigenvalue weighted by molar-refractivity contribution is 0.0195. The van der Waals surface area contributed by atoms with Gasteiger partial charge in [-0.2, -0.15) is 0 Å². The summed E-state index contributed by atoms with van der Waals surface area (Å²) in [4.78, 5) is 13.4. The van der Waals surface area contributed by atoms with Crippen molar-refractivity contribution in [3.63, 3.8) is 0 Å². The van der Waals surface area contributed by atoms with Crippen molar-refractivity contribution in [2.24, 2.45) is 4.99 Å². The molecule has 0 saturated carbocycles. The molecule has 0 bridgehead atoms. The van der Waals surface area contributed by atoms with Gasteiger partial charge in [0, 0.05) is 55.4 Å². The van der Waals surface area contributed by atoms with E-state index in [4.69, 9.17) is 9.73 Å². The number of aromatic nitrogens is 1. The van der Waals surface area contributed by atoms with Gasteiger partial charge in [-0.1, -0.05) is 6.07 Å². The fourth-order valence-corrected chi connectivity index (χ4v) is 4.37. The molecular weight excluding hydrogens is 350 g/mol. The molecule has 2 fully saturated rings. The Morgan fingerprint density at radius 1 is 1.25 bits per heavy atom. The summed E-state index contributed by atoms with van der Waals surface area (Å²) in [5.41, 5.74) is 5.05. The Balaban J connectivity index is 1.45. The van der Waals surface area contributed by atoms with Crippen LogP contribution in [0.15, 0.2) is 23.2 Å². The molecular formula is C22H33N5O. The van der Waals surface area contributed by atoms with Gasteiger partial charge in [0.25, 0.3) is 0 Å². The predicted molar refractivity (Wildman–Crippen MR) is 115 cm³/mol. The maximum Gasteiger partial charge on any atom is 0.194 e. The number of guanidine groups is 1. The first-order chi connectivity index (χ1) is 13.7. The molecule has 1 unspecified atom stereocenters. The standard InChI is InChI=1S/C22H33N5O/c1-4-23-22(27-8-7-19(15-27)26-9-11-28-12-10-26)24-14-18-5-6-21-20(13-18)16(2)17(3)25-21/h5-6,13,19,25H,4,7-12,14-15H2,1-3H3,(H,23,24). The third-order valence-electron chi connectivity index (χ3n) is 6.14. The number of hydrogen-bond donors (Lipinski definition) is 2. The number of likely N-dealkylation sites (tertiary alicyclic amines) is 1. The quantitative estimate of drug-likeness (QED) is 0.630. The molecule has 2 aliphatic heterocycles. The molecule has 0 spiro atoms. The number of fused-ring (bicyclic) bond motifs is 1. The topological polar surface area (TPSA) is 55.9 Å². The predicted octanol–water partition coefficient (Wildman–Crippen LogP) is 2.66. The number of hydrogen-bond acceptors (Lipinski definition) is 3. The average molecular weight is 384 g/mol. The van der Waals surface area contributed by atoms with Crippen molar-refractivity contribution in [3.05, 3.63) is 35.0 Å². The van der Waals surface area contributed by atoms with Crippen molar-refractivity contribution < 1.29 is 4.74 Å². The number of nitrogens with zero attached hydrogens (tertiary/aromatic N) is 3. The summed E-state index contributed by atoms with van der Waals surface area (Å²) in [6.45, 7) is 14.0. The molecule has 2 N–H and O–H groups in total. The van der Waals surface area contributed by atoms with Crippen LogP contribution in [-0.4, -0.2) is 72.7 Å². The maximum absolute atomic E-state index is 5.51. The summed E-state index contributed by atoms with van der Waals surface area (Å²) in [5.74, 6) is 1.04. The summed E-state index contributed by atoms with van der Waals surface area (Å²) >= 11 is 0. The fraction of sp³-hybridized carbons (Fsp3) is 0.591. The molecule has 6 heteroatoms. The number of aryl methyl sites for hydroxylation is 2. The lowest BCUT2D eigenvalue weighted by Crippen LogP contribution is -2.46. The zero-order valence-electron chi connectivity index (χ0n) is 17.4. The normalized spacial score (nSPS) is 21.6. The van der Waals surface area contributed by atoms with Gasteiger partial charge in [0.1, 0.15) is 0 Å². The summed E-state index contributed by atoms with van der Waals surface area (Å²) in [7, 11) is 0. The molecule has 1 atom stereocenters. The third kappa shape index (κ3) is 4.03. The number of aromatic amines is 1. The van der Waals surface area contributed by atoms with Crippen molar-refractivity contribution in [1.29, 1.82) is 0 Å². The van der Waals surface area contributed by atoms with Gasteiger partial charge < -0.3 is 19.9 Å². The van der Waals surface area contributed by atoms with Crippen molar-refractivity contribution in [2.45, 2.75) is 39.8 Å². The number of benzene rings is 1. The molecule has 6 nitrogen and oxygen atoms in total. The number of nitrogens with one attached hydrogen (secondary N) is 2. The molecule has 3 heterocycles. The van der Waals surface area contributed by atoms with Gasteiger partial charge in [-0.25, -0.2) is 4.99 Å². The first kappa shape index (κ1) is 19.3. The second-order valence-electron chi connectivity index (χ2n) is 7.96. The largest absolute Gasteiger partial charge is 0.379 e. The van der Waals surface area contributed by atoms with Crippen LogP contribution in [0.25, 0.3) is 10.9 Å². The molecule has 0 radical (unpaired) electrons. The van der Waals surface area contributed by atoms with Crippen LogP contribution in [-0.2, 0) is 11.3 Å². The van der Waals surface area contributed by atoms with Crippen LogP contribution < -0.4 is 5.32 Å². The Kier molecular flexibility index (Phi) is 5.87. The minimum absolute atomic E-state index is 0.620. The molecule has 152 valence electrons. The molecule has 2 aromatic rings. The van der Waals surface area contributed by atoms with Gasteiger partial charge in [0.05, 0.1) is 19.8 Å². The van der Waals surface area contributed by atoms with Crippen molar-refractivity contribution >= 4 is 16.9 Å². The van der Waals surface area contributed by atoms with Gasteiger partial charge in [-0.05, 0) is 50.5 Å². The van der Waals surface area contributed by atoms with Crippen molar-refractivity contribution in [2.75, 3.05) is 45.9 Å². The van der Waals surface area contributed by atoms with E-state index >= 15 is 0 Å². The van der Waals surface area contributed by atoms with Crippen molar-refractivity contribution in [3.8, 4) is 0 Å². The van der Waals surface area contributed by atoms with Crippen LogP contribution in [0.4, 0.5) is 0 Å². The van der Waals surface area contributed by atoms with E-state index in [-0.39, 0.29) is 0 Å². The lowest BCUT2D eigenvalue weighted by atomic mass is 10.1. The Morgan fingerprint density at radius 3 is 2.86 bits per heavy atom. The third-order valence-corrected chi connectivity index (χ3v) is 6.14. The minimum Gasteiger partial charge on any atom is -0.379 e. The second-order valence-corrected chi connectivity index (χ2v) is 7.96. The summed E-state index contributed by atoms with van der Waals surface area (Å²) in [6.07, 6.45) is 1.21. The van der Waals surface area contributed by atoms with Crippen LogP contribution in [0.2, 0.25) is 0 Å². The SMILES string of the molecule is CCNC(=NCc1ccc2[nH]c(C)c(C)c2c1)N1CCC(N2CCOCC2)C1. The van der Waals surface area contributed by atoms with E-state index in [1.54, 1.807) is 0 Å². The molecule has 2 aliphatic rings. The Hall–Kier alpha value is -2.05. The van der Waals surface area contributed by atoms with Crippen LogP contribution in [0.1, 0.15) is 30.2 Å². The van der Waals surface area contributed by atoms with Crippen LogP contribution in [0.5, 0.6) is 0 Å². The van der Waals surface area contributed by atoms with Gasteiger partial charge in [0.15, 0.2) is 5.96 Å². The number of rotatable bonds is 4. The molecule has 0 amide bonds. The number of morpholine rings is 1. The van der Waals surface area contributed by atoms with E-state index in [9.17, 15) is 0 Å². The highest BCUT2D eigenvalue weighted by Gasteiger charge is 2.30. The Labute approximate surface area is 167 Å². The highest BCUT2D eigenvalue weighted by Crippen LogP contribution is 2.23. The monoisotopic (exact) mass is 383 g/mol. The average Bonchev–Trinajstić information content (AvgIpc) is 3.32. The maximum atomic E-state index is 5.51. The van der Waals surface area contributed by atoms with Gasteiger partial charge in [0.2, 0.25) is 0 Å². The zero-order chi connectivity index (χ0) is 19.5. The number of aliphatic imine (C=N–C) groups is 1. The van der Waals surface area contributed by atoms with Gasteiger partial charge >= 0.3 is 0 Å². The summed E-state index contributed by atoms with van der Waals surface area (Å²) in [5, 5.41) is 4.81. The van der Waals surface area contributed by atoms with E-state index in [2.05, 4.69) is 59.1 Å². The highest BCUT2D eigenvalue weighted by atomic mass is 16.5. The van der Waals surface area contributed by atoms with Gasteiger partial charge in [-0.15, -0.1) is 0 Å². The lowest BCUT2D eigenvalue weighted by Gasteiger charge is -2.32. The van der Waals surface area contributed by atoms with E-state index in [1.807, 2.05) is 0 Å². The summed E-state index contributed by atoms with van der Waals surface area (Å²) < 4.78 is 5.51. The molecule has 0 aliphatic carbocycles. The highest BCUT2D eigenvalue weighted by molar-refractivity contribution is 5.85. The van der Waals surface area contributed by atoms with Crippen LogP contribution >= 0.6 is 0 Å². The first-order valence-corrected chi connectivity index (χ1v) is 10.6.